The molecule has 6 nitrogen and oxygen atoms in total. The highest BCUT2D eigenvalue weighted by Crippen LogP contribution is 2.33. The smallest absolute Gasteiger partial charge is 0.175 e. The second-order valence-corrected chi connectivity index (χ2v) is 13.6. The number of piperidine rings is 1. The van der Waals surface area contributed by atoms with Gasteiger partial charge in [-0.05, 0) is 124 Å². The van der Waals surface area contributed by atoms with Crippen molar-refractivity contribution < 1.29 is 17.2 Å². The predicted octanol–water partition coefficient (Wildman–Crippen LogP) is 5.96. The van der Waals surface area contributed by atoms with Gasteiger partial charge in [0.05, 0.1) is 15.9 Å². The van der Waals surface area contributed by atoms with Crippen LogP contribution < -0.4 is 0 Å². The van der Waals surface area contributed by atoms with Gasteiger partial charge >= 0.3 is 0 Å². The second-order valence-electron chi connectivity index (χ2n) is 11.6. The number of rotatable bonds is 6. The number of hydrogen-bond donors (Lipinski definition) is 0. The summed E-state index contributed by atoms with van der Waals surface area (Å²) < 4.78 is 56.4. The fourth-order valence-corrected chi connectivity index (χ4v) is 7.06. The Kier molecular flexibility index (Phi) is 7.46. The zero-order chi connectivity index (χ0) is 28.9. The molecule has 0 amide bonds. The number of likely N-dealkylation sites (tertiary alicyclic amines) is 2. The Hall–Kier alpha value is -3.14. The van der Waals surface area contributed by atoms with Crippen molar-refractivity contribution in [1.82, 2.24) is 19.4 Å². The highest BCUT2D eigenvalue weighted by Gasteiger charge is 2.27. The van der Waals surface area contributed by atoms with Crippen molar-refractivity contribution in [3.8, 4) is 22.5 Å². The molecule has 41 heavy (non-hydrogen) atoms. The fourth-order valence-electron chi connectivity index (χ4n) is 6.43. The molecule has 2 aliphatic heterocycles. The third-order valence-electron chi connectivity index (χ3n) is 8.79. The van der Waals surface area contributed by atoms with Crippen molar-refractivity contribution in [3.63, 3.8) is 0 Å². The van der Waals surface area contributed by atoms with E-state index in [4.69, 9.17) is 4.98 Å². The lowest BCUT2D eigenvalue weighted by molar-refractivity contribution is 0.121. The van der Waals surface area contributed by atoms with E-state index in [9.17, 15) is 8.42 Å². The number of aromatic nitrogens is 2. The molecule has 1 aromatic heterocycles. The van der Waals surface area contributed by atoms with Gasteiger partial charge in [-0.2, -0.15) is 0 Å². The minimum absolute atomic E-state index is 0.131. The first kappa shape index (κ1) is 28.0. The van der Waals surface area contributed by atoms with Crippen molar-refractivity contribution in [1.29, 1.82) is 0 Å². The van der Waals surface area contributed by atoms with Gasteiger partial charge in [0.25, 0.3) is 0 Å². The molecule has 9 heteroatoms. The third-order valence-corrected chi connectivity index (χ3v) is 9.92. The quantitative estimate of drug-likeness (QED) is 0.283. The van der Waals surface area contributed by atoms with Crippen molar-refractivity contribution in [2.24, 2.45) is 7.05 Å². The monoisotopic (exact) mass is 578 g/mol. The molecule has 3 heterocycles. The van der Waals surface area contributed by atoms with Gasteiger partial charge in [-0.3, -0.25) is 4.90 Å². The van der Waals surface area contributed by atoms with E-state index >= 15 is 8.78 Å². The number of nitrogens with zero attached hydrogens (tertiary/aromatic N) is 4. The molecule has 2 fully saturated rings. The van der Waals surface area contributed by atoms with Gasteiger partial charge in [0.15, 0.2) is 9.84 Å². The fraction of sp³-hybridized carbons (Fsp3) is 0.406. The van der Waals surface area contributed by atoms with Crippen LogP contribution in [0.1, 0.15) is 36.8 Å². The summed E-state index contributed by atoms with van der Waals surface area (Å²) in [6.07, 6.45) is 5.83. The zero-order valence-electron chi connectivity index (χ0n) is 23.8. The summed E-state index contributed by atoms with van der Waals surface area (Å²) in [6, 6.07) is 13.9. The van der Waals surface area contributed by atoms with E-state index in [1.54, 1.807) is 24.3 Å². The molecule has 0 N–H and O–H groups in total. The van der Waals surface area contributed by atoms with E-state index in [1.165, 1.54) is 44.3 Å². The largest absolute Gasteiger partial charge is 0.327 e. The number of benzene rings is 3. The lowest BCUT2D eigenvalue weighted by atomic mass is 9.99. The number of fused-ring (bicyclic) bond motifs is 1. The second kappa shape index (κ2) is 10.9. The summed E-state index contributed by atoms with van der Waals surface area (Å²) in [5.74, 6) is -0.353. The molecule has 0 saturated carbocycles. The maximum atomic E-state index is 15.4. The number of halogens is 2. The van der Waals surface area contributed by atoms with Crippen LogP contribution in [0.15, 0.2) is 53.4 Å². The van der Waals surface area contributed by atoms with Crippen molar-refractivity contribution >= 4 is 20.9 Å². The van der Waals surface area contributed by atoms with Crippen LogP contribution in [0.2, 0.25) is 0 Å². The average Bonchev–Trinajstić information content (AvgIpc) is 3.60. The Morgan fingerprint density at radius 2 is 1.49 bits per heavy atom. The van der Waals surface area contributed by atoms with Gasteiger partial charge in [0.1, 0.15) is 17.5 Å². The predicted molar refractivity (Wildman–Crippen MR) is 158 cm³/mol. The maximum absolute atomic E-state index is 15.4. The first-order valence-electron chi connectivity index (χ1n) is 14.3. The van der Waals surface area contributed by atoms with Gasteiger partial charge in [0, 0.05) is 37.0 Å². The standard InChI is InChI=1S/C32H36F2N4O2S/c1-21-16-23(19-30-31(21)35-32(36(30)2)22-6-8-26(9-7-22)41(3,39)40)24-17-28(33)27(29(34)18-24)20-37-14-10-25(11-15-37)38-12-4-5-13-38/h6-9,16-19,25H,4-5,10-15,20H2,1-3H3. The lowest BCUT2D eigenvalue weighted by Gasteiger charge is -2.36. The van der Waals surface area contributed by atoms with Crippen LogP contribution in [0, 0.1) is 18.6 Å². The Balaban J connectivity index is 1.24. The molecule has 216 valence electrons. The van der Waals surface area contributed by atoms with E-state index in [-0.39, 0.29) is 17.0 Å². The first-order valence-corrected chi connectivity index (χ1v) is 16.2. The van der Waals surface area contributed by atoms with Gasteiger partial charge < -0.3 is 9.47 Å². The molecule has 0 bridgehead atoms. The van der Waals surface area contributed by atoms with Gasteiger partial charge in [-0.25, -0.2) is 22.2 Å². The molecular weight excluding hydrogens is 542 g/mol. The summed E-state index contributed by atoms with van der Waals surface area (Å²) in [6.45, 7) is 6.29. The Bertz CT molecular complexity index is 1680. The number of imidazole rings is 1. The first-order chi connectivity index (χ1) is 19.6. The molecule has 0 radical (unpaired) electrons. The Morgan fingerprint density at radius 1 is 0.878 bits per heavy atom. The lowest BCUT2D eigenvalue weighted by Crippen LogP contribution is -2.43. The van der Waals surface area contributed by atoms with Crippen LogP contribution in [0.5, 0.6) is 0 Å². The minimum atomic E-state index is -3.30. The highest BCUT2D eigenvalue weighted by atomic mass is 32.2. The minimum Gasteiger partial charge on any atom is -0.327 e. The zero-order valence-corrected chi connectivity index (χ0v) is 24.6. The van der Waals surface area contributed by atoms with E-state index in [2.05, 4.69) is 9.80 Å². The molecule has 4 aromatic rings. The van der Waals surface area contributed by atoms with Crippen LogP contribution in [0.4, 0.5) is 8.78 Å². The van der Waals surface area contributed by atoms with Crippen molar-refractivity contribution in [2.45, 2.75) is 50.1 Å². The molecule has 0 aliphatic carbocycles. The van der Waals surface area contributed by atoms with E-state index in [0.717, 1.165) is 48.1 Å². The van der Waals surface area contributed by atoms with Crippen LogP contribution in [-0.2, 0) is 23.4 Å². The van der Waals surface area contributed by atoms with Crippen LogP contribution >= 0.6 is 0 Å². The summed E-state index contributed by atoms with van der Waals surface area (Å²) in [7, 11) is -1.41. The molecule has 2 aliphatic rings. The molecule has 0 atom stereocenters. The van der Waals surface area contributed by atoms with Gasteiger partial charge in [-0.1, -0.05) is 0 Å². The third kappa shape index (κ3) is 5.55. The normalized spacial score (nSPS) is 17.6. The van der Waals surface area contributed by atoms with Crippen LogP contribution in [0.25, 0.3) is 33.5 Å². The molecule has 3 aromatic carbocycles. The summed E-state index contributed by atoms with van der Waals surface area (Å²) in [5.41, 5.74) is 4.61. The number of sulfone groups is 1. The number of aryl methyl sites for hydroxylation is 2. The summed E-state index contributed by atoms with van der Waals surface area (Å²) in [5, 5.41) is 0. The SMILES string of the molecule is Cc1cc(-c2cc(F)c(CN3CCC(N4CCCC4)CC3)c(F)c2)cc2c1nc(-c1ccc(S(C)(=O)=O)cc1)n2C. The summed E-state index contributed by atoms with van der Waals surface area (Å²) in [4.78, 5) is 9.80. The van der Waals surface area contributed by atoms with E-state index in [0.29, 0.717) is 23.0 Å². The van der Waals surface area contributed by atoms with E-state index < -0.39 is 21.5 Å². The van der Waals surface area contributed by atoms with Gasteiger partial charge in [0.2, 0.25) is 0 Å². The maximum Gasteiger partial charge on any atom is 0.175 e. The van der Waals surface area contributed by atoms with Crippen LogP contribution in [0.3, 0.4) is 0 Å². The topological polar surface area (TPSA) is 58.4 Å². The molecule has 0 unspecified atom stereocenters. The van der Waals surface area contributed by atoms with E-state index in [1.807, 2.05) is 30.7 Å². The number of hydrogen-bond acceptors (Lipinski definition) is 5. The molecule has 2 saturated heterocycles. The molecular formula is C32H36F2N4O2S. The van der Waals surface area contributed by atoms with Crippen LogP contribution in [-0.4, -0.2) is 66.2 Å². The van der Waals surface area contributed by atoms with Gasteiger partial charge in [-0.15, -0.1) is 0 Å². The molecule has 6 rings (SSSR count). The Morgan fingerprint density at radius 3 is 2.10 bits per heavy atom. The van der Waals surface area contributed by atoms with Crippen molar-refractivity contribution in [3.05, 3.63) is 71.3 Å². The summed E-state index contributed by atoms with van der Waals surface area (Å²) >= 11 is 0. The highest BCUT2D eigenvalue weighted by molar-refractivity contribution is 7.90. The molecule has 0 spiro atoms. The average molecular weight is 579 g/mol. The van der Waals surface area contributed by atoms with Crippen molar-refractivity contribution in [2.75, 3.05) is 32.4 Å². The Labute approximate surface area is 240 Å².